The number of nitrogens with one attached hydrogen (secondary N) is 2. The SMILES string of the molecule is CSCC[C@H](NC(=O)c1cccc(C)c1)C(=O)N1CCN(Cc2nc3ccccc3c(=O)[nH]2)CC1. The van der Waals surface area contributed by atoms with Crippen LogP contribution < -0.4 is 10.9 Å². The molecule has 2 amide bonds. The van der Waals surface area contributed by atoms with Crippen LogP contribution in [0.1, 0.15) is 28.2 Å². The lowest BCUT2D eigenvalue weighted by Crippen LogP contribution is -2.55. The molecule has 1 fully saturated rings. The molecule has 2 N–H and O–H groups in total. The van der Waals surface area contributed by atoms with Gasteiger partial charge in [-0.25, -0.2) is 4.98 Å². The molecular weight excluding hydrogens is 462 g/mol. The van der Waals surface area contributed by atoms with E-state index in [0.29, 0.717) is 61.4 Å². The van der Waals surface area contributed by atoms with Crippen LogP contribution in [-0.2, 0) is 11.3 Å². The number of hydrogen-bond donors (Lipinski definition) is 2. The van der Waals surface area contributed by atoms with Crippen molar-refractivity contribution in [2.24, 2.45) is 0 Å². The number of piperazine rings is 1. The van der Waals surface area contributed by atoms with Gasteiger partial charge in [-0.2, -0.15) is 11.8 Å². The van der Waals surface area contributed by atoms with E-state index in [2.05, 4.69) is 20.2 Å². The molecule has 2 heterocycles. The summed E-state index contributed by atoms with van der Waals surface area (Å²) in [5.41, 5.74) is 2.11. The molecule has 184 valence electrons. The van der Waals surface area contributed by atoms with Crippen molar-refractivity contribution in [2.45, 2.75) is 25.9 Å². The number of fused-ring (bicyclic) bond motifs is 1. The molecule has 8 nitrogen and oxygen atoms in total. The van der Waals surface area contributed by atoms with Gasteiger partial charge in [0.25, 0.3) is 11.5 Å². The van der Waals surface area contributed by atoms with Crippen molar-refractivity contribution in [3.8, 4) is 0 Å². The van der Waals surface area contributed by atoms with Gasteiger partial charge in [-0.1, -0.05) is 29.8 Å². The largest absolute Gasteiger partial charge is 0.340 e. The van der Waals surface area contributed by atoms with Gasteiger partial charge in [0.05, 0.1) is 17.4 Å². The molecule has 0 saturated carbocycles. The van der Waals surface area contributed by atoms with Crippen molar-refractivity contribution < 1.29 is 9.59 Å². The van der Waals surface area contributed by atoms with Crippen LogP contribution in [0.4, 0.5) is 0 Å². The number of hydrogen-bond acceptors (Lipinski definition) is 6. The minimum atomic E-state index is -0.555. The fourth-order valence-electron chi connectivity index (χ4n) is 4.29. The molecule has 1 saturated heterocycles. The van der Waals surface area contributed by atoms with Crippen LogP contribution in [0.3, 0.4) is 0 Å². The maximum Gasteiger partial charge on any atom is 0.258 e. The first-order valence-corrected chi connectivity index (χ1v) is 13.2. The van der Waals surface area contributed by atoms with E-state index in [9.17, 15) is 14.4 Å². The molecule has 3 aromatic rings. The predicted molar refractivity (Wildman–Crippen MR) is 140 cm³/mol. The predicted octanol–water partition coefficient (Wildman–Crippen LogP) is 2.43. The maximum absolute atomic E-state index is 13.3. The maximum atomic E-state index is 13.3. The fraction of sp³-hybridized carbons (Fsp3) is 0.385. The van der Waals surface area contributed by atoms with Crippen LogP contribution in [0.5, 0.6) is 0 Å². The number of amides is 2. The summed E-state index contributed by atoms with van der Waals surface area (Å²) in [6.07, 6.45) is 2.58. The van der Waals surface area contributed by atoms with Crippen molar-refractivity contribution in [2.75, 3.05) is 38.2 Å². The number of nitrogens with zero attached hydrogens (tertiary/aromatic N) is 3. The smallest absolute Gasteiger partial charge is 0.258 e. The van der Waals surface area contributed by atoms with Crippen molar-refractivity contribution in [1.82, 2.24) is 25.1 Å². The highest BCUT2D eigenvalue weighted by atomic mass is 32.2. The van der Waals surface area contributed by atoms with E-state index in [-0.39, 0.29) is 17.4 Å². The van der Waals surface area contributed by atoms with Crippen molar-refractivity contribution >= 4 is 34.5 Å². The van der Waals surface area contributed by atoms with Crippen molar-refractivity contribution in [3.05, 3.63) is 75.8 Å². The zero-order valence-electron chi connectivity index (χ0n) is 20.1. The monoisotopic (exact) mass is 493 g/mol. The van der Waals surface area contributed by atoms with E-state index in [4.69, 9.17) is 0 Å². The molecule has 1 aliphatic rings. The van der Waals surface area contributed by atoms with E-state index in [1.165, 1.54) is 0 Å². The topological polar surface area (TPSA) is 98.4 Å². The summed E-state index contributed by atoms with van der Waals surface area (Å²) in [6.45, 7) is 4.92. The number of rotatable bonds is 8. The third kappa shape index (κ3) is 6.29. The van der Waals surface area contributed by atoms with E-state index in [1.807, 2.05) is 54.5 Å². The average molecular weight is 494 g/mol. The van der Waals surface area contributed by atoms with Crippen molar-refractivity contribution in [3.63, 3.8) is 0 Å². The summed E-state index contributed by atoms with van der Waals surface area (Å²) in [7, 11) is 0. The Kier molecular flexibility index (Phi) is 8.20. The van der Waals surface area contributed by atoms with Gasteiger partial charge < -0.3 is 15.2 Å². The zero-order valence-corrected chi connectivity index (χ0v) is 20.9. The number of aromatic nitrogens is 2. The Bertz CT molecular complexity index is 1250. The molecule has 2 aromatic carbocycles. The molecule has 0 spiro atoms. The molecular formula is C26H31N5O3S. The second-order valence-electron chi connectivity index (χ2n) is 8.81. The summed E-state index contributed by atoms with van der Waals surface area (Å²) >= 11 is 1.66. The molecule has 4 rings (SSSR count). The molecule has 35 heavy (non-hydrogen) atoms. The number of benzene rings is 2. The van der Waals surface area contributed by atoms with Gasteiger partial charge >= 0.3 is 0 Å². The lowest BCUT2D eigenvalue weighted by Gasteiger charge is -2.36. The number of carbonyl (C=O) groups is 2. The summed E-state index contributed by atoms with van der Waals surface area (Å²) in [6, 6.07) is 14.1. The highest BCUT2D eigenvalue weighted by Crippen LogP contribution is 2.13. The molecule has 1 aromatic heterocycles. The van der Waals surface area contributed by atoms with E-state index < -0.39 is 6.04 Å². The van der Waals surface area contributed by atoms with Gasteiger partial charge in [-0.3, -0.25) is 19.3 Å². The van der Waals surface area contributed by atoms with Crippen LogP contribution in [0.2, 0.25) is 0 Å². The Morgan fingerprint density at radius 2 is 1.89 bits per heavy atom. The number of para-hydroxylation sites is 1. The third-order valence-electron chi connectivity index (χ3n) is 6.21. The van der Waals surface area contributed by atoms with E-state index in [0.717, 1.165) is 11.3 Å². The molecule has 0 radical (unpaired) electrons. The summed E-state index contributed by atoms with van der Waals surface area (Å²) < 4.78 is 0. The lowest BCUT2D eigenvalue weighted by atomic mass is 10.1. The van der Waals surface area contributed by atoms with Crippen LogP contribution in [0.25, 0.3) is 10.9 Å². The second kappa shape index (κ2) is 11.5. The van der Waals surface area contributed by atoms with Gasteiger partial charge in [0, 0.05) is 31.7 Å². The lowest BCUT2D eigenvalue weighted by molar-refractivity contribution is -0.135. The molecule has 1 aliphatic heterocycles. The Hall–Kier alpha value is -3.17. The normalized spacial score (nSPS) is 15.2. The minimum Gasteiger partial charge on any atom is -0.340 e. The highest BCUT2D eigenvalue weighted by Gasteiger charge is 2.29. The summed E-state index contributed by atoms with van der Waals surface area (Å²) in [5.74, 6) is 1.14. The Balaban J connectivity index is 1.37. The molecule has 9 heteroatoms. The number of aromatic amines is 1. The Morgan fingerprint density at radius 1 is 1.11 bits per heavy atom. The summed E-state index contributed by atoms with van der Waals surface area (Å²) in [5, 5.41) is 3.54. The Morgan fingerprint density at radius 3 is 2.63 bits per heavy atom. The van der Waals surface area contributed by atoms with E-state index >= 15 is 0 Å². The zero-order chi connectivity index (χ0) is 24.8. The van der Waals surface area contributed by atoms with E-state index in [1.54, 1.807) is 23.9 Å². The molecule has 0 bridgehead atoms. The van der Waals surface area contributed by atoms with Crippen LogP contribution in [0.15, 0.2) is 53.3 Å². The van der Waals surface area contributed by atoms with Crippen LogP contribution in [0, 0.1) is 6.92 Å². The molecule has 0 unspecified atom stereocenters. The van der Waals surface area contributed by atoms with Gasteiger partial charge in [-0.05, 0) is 49.6 Å². The third-order valence-corrected chi connectivity index (χ3v) is 6.86. The average Bonchev–Trinajstić information content (AvgIpc) is 2.86. The molecule has 0 aliphatic carbocycles. The number of aryl methyl sites for hydroxylation is 1. The first-order chi connectivity index (χ1) is 16.9. The first kappa shape index (κ1) is 24.9. The standard InChI is InChI=1S/C26H31N5O3S/c1-18-6-5-7-19(16-18)24(32)28-22(10-15-35-2)26(34)31-13-11-30(12-14-31)17-23-27-21-9-4-3-8-20(21)25(33)29-23/h3-9,16,22H,10-15,17H2,1-2H3,(H,28,32)(H,27,29,33)/t22-/m0/s1. The van der Waals surface area contributed by atoms with Crippen molar-refractivity contribution in [1.29, 1.82) is 0 Å². The van der Waals surface area contributed by atoms with Gasteiger partial charge in [0.2, 0.25) is 5.91 Å². The summed E-state index contributed by atoms with van der Waals surface area (Å²) in [4.78, 5) is 49.9. The number of carbonyl (C=O) groups excluding carboxylic acids is 2. The highest BCUT2D eigenvalue weighted by molar-refractivity contribution is 7.98. The van der Waals surface area contributed by atoms with Gasteiger partial charge in [-0.15, -0.1) is 0 Å². The first-order valence-electron chi connectivity index (χ1n) is 11.8. The van der Waals surface area contributed by atoms with Gasteiger partial charge in [0.1, 0.15) is 11.9 Å². The van der Waals surface area contributed by atoms with Gasteiger partial charge in [0.15, 0.2) is 0 Å². The minimum absolute atomic E-state index is 0.0445. The quantitative estimate of drug-likeness (QED) is 0.500. The fourth-order valence-corrected chi connectivity index (χ4v) is 4.76. The number of H-pyrrole nitrogens is 1. The van der Waals surface area contributed by atoms with Crippen LogP contribution in [-0.4, -0.2) is 75.8 Å². The second-order valence-corrected chi connectivity index (χ2v) is 9.79. The van der Waals surface area contributed by atoms with Crippen LogP contribution >= 0.6 is 11.8 Å². The molecule has 1 atom stereocenters. The Labute approximate surface area is 209 Å². The number of thioether (sulfide) groups is 1.